The molecule has 0 aliphatic heterocycles. The lowest BCUT2D eigenvalue weighted by Gasteiger charge is -2.56. The van der Waals surface area contributed by atoms with Crippen molar-refractivity contribution in [1.29, 1.82) is 0 Å². The number of fused-ring (bicyclic) bond motifs is 2. The summed E-state index contributed by atoms with van der Waals surface area (Å²) in [4.78, 5) is 14.6. The van der Waals surface area contributed by atoms with Crippen molar-refractivity contribution in [2.45, 2.75) is 140 Å². The Morgan fingerprint density at radius 3 is 2.00 bits per heavy atom. The second kappa shape index (κ2) is 13.7. The van der Waals surface area contributed by atoms with Crippen molar-refractivity contribution in [2.75, 3.05) is 21.3 Å². The third kappa shape index (κ3) is 6.16. The van der Waals surface area contributed by atoms with Crippen LogP contribution in [0.2, 0.25) is 36.3 Å². The molecule has 3 aliphatic rings. The van der Waals surface area contributed by atoms with Gasteiger partial charge in [0.15, 0.2) is 22.4 Å². The van der Waals surface area contributed by atoms with Crippen LogP contribution in [0.15, 0.2) is 54.3 Å². The molecular formula is C38H61ClO7Si2. The molecule has 3 aliphatic carbocycles. The van der Waals surface area contributed by atoms with E-state index in [9.17, 15) is 4.79 Å². The number of halogens is 1. The van der Waals surface area contributed by atoms with Crippen LogP contribution in [0, 0.1) is 10.8 Å². The fraction of sp³-hybridized carbons (Fsp3) is 0.711. The fourth-order valence-electron chi connectivity index (χ4n) is 8.09. The van der Waals surface area contributed by atoms with Gasteiger partial charge in [-0.1, -0.05) is 78.0 Å². The third-order valence-electron chi connectivity index (χ3n) is 12.5. The molecule has 1 aromatic rings. The molecule has 1 unspecified atom stereocenters. The molecule has 2 saturated carbocycles. The summed E-state index contributed by atoms with van der Waals surface area (Å²) in [5.41, 5.74) is 0.255. The van der Waals surface area contributed by atoms with Crippen LogP contribution < -0.4 is 0 Å². The SMILES string of the molecule is C=CC[C@@]12CC(=O)C(OC)(OC)C(OC)=C1C[C@H](Cl)C21[C@@H](O[Si](C)(C)C(C)(C)C)C[C@@H](O[Si](C)(C)C(C)(C)C)[C@H]1OCc1ccccc1. The van der Waals surface area contributed by atoms with Crippen LogP contribution in [0.3, 0.4) is 0 Å². The average molecular weight is 722 g/mol. The van der Waals surface area contributed by atoms with Crippen molar-refractivity contribution < 1.29 is 32.6 Å². The molecule has 0 saturated heterocycles. The predicted octanol–water partition coefficient (Wildman–Crippen LogP) is 9.18. The second-order valence-corrected chi connectivity index (χ2v) is 27.1. The maximum Gasteiger partial charge on any atom is 0.288 e. The molecular weight excluding hydrogens is 660 g/mol. The summed E-state index contributed by atoms with van der Waals surface area (Å²) >= 11 is 7.86. The third-order valence-corrected chi connectivity index (χ3v) is 22.0. The predicted molar refractivity (Wildman–Crippen MR) is 198 cm³/mol. The summed E-state index contributed by atoms with van der Waals surface area (Å²) in [6.07, 6.45) is 2.38. The first-order chi connectivity index (χ1) is 22.2. The molecule has 0 amide bonds. The largest absolute Gasteiger partial charge is 0.495 e. The maximum atomic E-state index is 14.6. The Bertz CT molecular complexity index is 1360. The van der Waals surface area contributed by atoms with E-state index in [1.54, 1.807) is 7.11 Å². The van der Waals surface area contributed by atoms with E-state index in [0.717, 1.165) is 11.1 Å². The molecule has 0 N–H and O–H groups in total. The number of hydrogen-bond donors (Lipinski definition) is 0. The smallest absolute Gasteiger partial charge is 0.288 e. The molecule has 1 spiro atoms. The normalized spacial score (nSPS) is 31.0. The molecule has 4 rings (SSSR count). The molecule has 0 heterocycles. The average Bonchev–Trinajstić information content (AvgIpc) is 3.41. The zero-order valence-corrected chi connectivity index (χ0v) is 34.5. The molecule has 1 aromatic carbocycles. The van der Waals surface area contributed by atoms with Gasteiger partial charge in [-0.15, -0.1) is 18.2 Å². The molecule has 7 nitrogen and oxygen atoms in total. The van der Waals surface area contributed by atoms with Gasteiger partial charge in [0.2, 0.25) is 5.78 Å². The monoisotopic (exact) mass is 720 g/mol. The lowest BCUT2D eigenvalue weighted by Crippen LogP contribution is -2.63. The number of benzene rings is 1. The van der Waals surface area contributed by atoms with E-state index in [1.807, 2.05) is 24.3 Å². The molecule has 6 atom stereocenters. The zero-order chi connectivity index (χ0) is 36.1. The van der Waals surface area contributed by atoms with Gasteiger partial charge >= 0.3 is 0 Å². The van der Waals surface area contributed by atoms with Crippen molar-refractivity contribution in [3.63, 3.8) is 0 Å². The van der Waals surface area contributed by atoms with E-state index in [0.29, 0.717) is 31.6 Å². The number of hydrogen-bond acceptors (Lipinski definition) is 7. The van der Waals surface area contributed by atoms with Crippen LogP contribution >= 0.6 is 11.6 Å². The summed E-state index contributed by atoms with van der Waals surface area (Å²) in [6, 6.07) is 10.2. The van der Waals surface area contributed by atoms with Gasteiger partial charge < -0.3 is 27.8 Å². The Morgan fingerprint density at radius 2 is 1.50 bits per heavy atom. The molecule has 0 radical (unpaired) electrons. The van der Waals surface area contributed by atoms with Gasteiger partial charge in [-0.25, -0.2) is 0 Å². The maximum absolute atomic E-state index is 14.6. The van der Waals surface area contributed by atoms with E-state index in [-0.39, 0.29) is 34.5 Å². The molecule has 2 fully saturated rings. The van der Waals surface area contributed by atoms with Crippen LogP contribution in [0.25, 0.3) is 0 Å². The number of rotatable bonds is 12. The summed E-state index contributed by atoms with van der Waals surface area (Å²) in [7, 11) is -0.174. The number of ether oxygens (including phenoxy) is 4. The van der Waals surface area contributed by atoms with Gasteiger partial charge in [-0.05, 0) is 60.2 Å². The quantitative estimate of drug-likeness (QED) is 0.0923. The summed E-state index contributed by atoms with van der Waals surface area (Å²) < 4.78 is 40.0. The van der Waals surface area contributed by atoms with Gasteiger partial charge in [0, 0.05) is 37.9 Å². The van der Waals surface area contributed by atoms with Crippen molar-refractivity contribution in [3.8, 4) is 0 Å². The number of alkyl halides is 1. The lowest BCUT2D eigenvalue weighted by atomic mass is 9.54. The molecule has 0 aromatic heterocycles. The van der Waals surface area contributed by atoms with Crippen LogP contribution in [0.5, 0.6) is 0 Å². The standard InChI is InChI=1S/C38H61ClO7Si2/c1-15-21-36-24-30(40)38(42-9,43-10)32(41-8)27(36)22-29(39)37(36)31(46-48(13,14)35(5,6)7)23-28(45-47(11,12)34(2,3)4)33(37)44-25-26-19-17-16-18-20-26/h15-20,28-29,31,33H,1,21-25H2,2-14H3/t28-,29+,31+,33-,36-,37?/m1/s1. The van der Waals surface area contributed by atoms with Gasteiger partial charge in [-0.2, -0.15) is 0 Å². The number of ketones is 1. The van der Waals surface area contributed by atoms with E-state index in [1.165, 1.54) is 14.2 Å². The van der Waals surface area contributed by atoms with Crippen LogP contribution in [0.4, 0.5) is 0 Å². The van der Waals surface area contributed by atoms with Crippen molar-refractivity contribution >= 4 is 34.0 Å². The van der Waals surface area contributed by atoms with Gasteiger partial charge in [-0.3, -0.25) is 4.79 Å². The van der Waals surface area contributed by atoms with Gasteiger partial charge in [0.25, 0.3) is 5.79 Å². The first-order valence-corrected chi connectivity index (χ1v) is 23.6. The van der Waals surface area contributed by atoms with Crippen LogP contribution in [-0.2, 0) is 39.2 Å². The van der Waals surface area contributed by atoms with Gasteiger partial charge in [0.05, 0.1) is 37.4 Å². The van der Waals surface area contributed by atoms with Crippen molar-refractivity contribution in [3.05, 3.63) is 59.9 Å². The van der Waals surface area contributed by atoms with Crippen LogP contribution in [0.1, 0.15) is 72.8 Å². The van der Waals surface area contributed by atoms with E-state index < -0.39 is 44.7 Å². The Balaban J connectivity index is 2.07. The molecule has 10 heteroatoms. The lowest BCUT2D eigenvalue weighted by molar-refractivity contribution is -0.215. The minimum atomic E-state index is -2.40. The van der Waals surface area contributed by atoms with E-state index >= 15 is 0 Å². The second-order valence-electron chi connectivity index (χ2n) is 17.1. The van der Waals surface area contributed by atoms with E-state index in [2.05, 4.69) is 86.4 Å². The highest BCUT2D eigenvalue weighted by Gasteiger charge is 2.77. The number of Topliss-reactive ketones (excluding diaryl/α,β-unsaturated/α-hetero) is 1. The molecule has 48 heavy (non-hydrogen) atoms. The Morgan fingerprint density at radius 1 is 0.938 bits per heavy atom. The number of carbonyl (C=O) groups is 1. The number of carbonyl (C=O) groups excluding carboxylic acids is 1. The first kappa shape index (κ1) is 39.5. The topological polar surface area (TPSA) is 72.5 Å². The fourth-order valence-corrected chi connectivity index (χ4v) is 11.4. The Hall–Kier alpha value is -1.31. The van der Waals surface area contributed by atoms with Crippen LogP contribution in [-0.4, -0.2) is 73.2 Å². The minimum absolute atomic E-state index is 0.0387. The van der Waals surface area contributed by atoms with Crippen molar-refractivity contribution in [2.24, 2.45) is 10.8 Å². The Labute approximate surface area is 297 Å². The number of methoxy groups -OCH3 is 3. The molecule has 0 bridgehead atoms. The van der Waals surface area contributed by atoms with Crippen molar-refractivity contribution in [1.82, 2.24) is 0 Å². The summed E-state index contributed by atoms with van der Waals surface area (Å²) in [5.74, 6) is -1.51. The van der Waals surface area contributed by atoms with E-state index in [4.69, 9.17) is 39.4 Å². The number of allylic oxidation sites excluding steroid dienone is 2. The highest BCUT2D eigenvalue weighted by Crippen LogP contribution is 2.73. The highest BCUT2D eigenvalue weighted by molar-refractivity contribution is 6.74. The summed E-state index contributed by atoms with van der Waals surface area (Å²) in [6.45, 7) is 27.3. The molecule has 270 valence electrons. The Kier molecular flexibility index (Phi) is 11.2. The zero-order valence-electron chi connectivity index (χ0n) is 31.8. The highest BCUT2D eigenvalue weighted by atomic mass is 35.5. The first-order valence-electron chi connectivity index (χ1n) is 17.3. The minimum Gasteiger partial charge on any atom is -0.495 e. The summed E-state index contributed by atoms with van der Waals surface area (Å²) in [5, 5.41) is -0.583. The van der Waals surface area contributed by atoms with Gasteiger partial charge in [0.1, 0.15) is 0 Å².